The molecule has 1 aromatic heterocycles. The van der Waals surface area contributed by atoms with E-state index in [2.05, 4.69) is 9.72 Å². The van der Waals surface area contributed by atoms with Crippen molar-refractivity contribution < 1.29 is 18.3 Å². The third-order valence-corrected chi connectivity index (χ3v) is 2.38. The maximum Gasteiger partial charge on any atom is 0.310 e. The zero-order valence-corrected chi connectivity index (χ0v) is 9.80. The van der Waals surface area contributed by atoms with E-state index in [0.717, 1.165) is 6.20 Å². The van der Waals surface area contributed by atoms with E-state index in [1.54, 1.807) is 6.92 Å². The first-order chi connectivity index (χ1) is 7.97. The number of nitrogen functional groups attached to an aromatic ring is 1. The quantitative estimate of drug-likeness (QED) is 0.848. The Labute approximate surface area is 102 Å². The molecule has 0 radical (unpaired) electrons. The van der Waals surface area contributed by atoms with Crippen LogP contribution in [0, 0.1) is 0 Å². The van der Waals surface area contributed by atoms with Crippen LogP contribution >= 0.6 is 11.6 Å². The van der Waals surface area contributed by atoms with Gasteiger partial charge in [0.1, 0.15) is 5.82 Å². The first-order valence-corrected chi connectivity index (χ1v) is 5.21. The molecular weight excluding hydrogens is 254 g/mol. The van der Waals surface area contributed by atoms with Crippen LogP contribution in [-0.2, 0) is 16.0 Å². The number of aromatic nitrogens is 1. The number of nitrogens with zero attached hydrogens (tertiary/aromatic N) is 1. The van der Waals surface area contributed by atoms with E-state index in [9.17, 15) is 13.6 Å². The first kappa shape index (κ1) is 13.6. The number of ether oxygens (including phenoxy) is 1. The number of rotatable bonds is 4. The van der Waals surface area contributed by atoms with E-state index in [1.807, 2.05) is 0 Å². The summed E-state index contributed by atoms with van der Waals surface area (Å²) in [5.74, 6) is -0.967. The lowest BCUT2D eigenvalue weighted by Crippen LogP contribution is -2.12. The average Bonchev–Trinajstić information content (AvgIpc) is 2.23. The number of alkyl halides is 2. The van der Waals surface area contributed by atoms with Gasteiger partial charge in [0.05, 0.1) is 23.6 Å². The third kappa shape index (κ3) is 3.26. The number of carbonyl (C=O) groups excluding carboxylic acids is 1. The monoisotopic (exact) mass is 264 g/mol. The number of hydrogen-bond donors (Lipinski definition) is 1. The molecule has 0 aliphatic rings. The minimum absolute atomic E-state index is 0.0254. The van der Waals surface area contributed by atoms with Crippen LogP contribution in [0.1, 0.15) is 24.5 Å². The van der Waals surface area contributed by atoms with Gasteiger partial charge in [0.25, 0.3) is 6.43 Å². The van der Waals surface area contributed by atoms with E-state index in [0.29, 0.717) is 0 Å². The number of halogens is 3. The summed E-state index contributed by atoms with van der Waals surface area (Å²) in [6.45, 7) is 1.79. The van der Waals surface area contributed by atoms with Gasteiger partial charge >= 0.3 is 5.97 Å². The molecule has 1 rings (SSSR count). The van der Waals surface area contributed by atoms with Crippen molar-refractivity contribution in [2.45, 2.75) is 19.8 Å². The summed E-state index contributed by atoms with van der Waals surface area (Å²) in [5.41, 5.74) is 4.80. The van der Waals surface area contributed by atoms with Gasteiger partial charge in [0.2, 0.25) is 0 Å². The van der Waals surface area contributed by atoms with Crippen molar-refractivity contribution in [3.63, 3.8) is 0 Å². The summed E-state index contributed by atoms with van der Waals surface area (Å²) in [6, 6.07) is 0. The van der Waals surface area contributed by atoms with Crippen molar-refractivity contribution in [2.24, 2.45) is 0 Å². The Morgan fingerprint density at radius 3 is 2.82 bits per heavy atom. The van der Waals surface area contributed by atoms with Gasteiger partial charge in [-0.15, -0.1) is 0 Å². The summed E-state index contributed by atoms with van der Waals surface area (Å²) >= 11 is 5.73. The number of anilines is 1. The molecule has 1 heterocycles. The largest absolute Gasteiger partial charge is 0.466 e. The number of pyridine rings is 1. The lowest BCUT2D eigenvalue weighted by atomic mass is 10.1. The van der Waals surface area contributed by atoms with Crippen LogP contribution in [0.25, 0.3) is 0 Å². The van der Waals surface area contributed by atoms with Crippen molar-refractivity contribution in [1.29, 1.82) is 0 Å². The zero-order chi connectivity index (χ0) is 13.0. The van der Waals surface area contributed by atoms with E-state index < -0.39 is 18.0 Å². The van der Waals surface area contributed by atoms with Crippen molar-refractivity contribution in [2.75, 3.05) is 12.3 Å². The molecule has 4 nitrogen and oxygen atoms in total. The Morgan fingerprint density at radius 1 is 1.65 bits per heavy atom. The molecule has 0 saturated heterocycles. The fraction of sp³-hybridized carbons (Fsp3) is 0.400. The maximum atomic E-state index is 12.8. The highest BCUT2D eigenvalue weighted by Gasteiger charge is 2.22. The molecule has 0 spiro atoms. The highest BCUT2D eigenvalue weighted by molar-refractivity contribution is 6.31. The van der Waals surface area contributed by atoms with Gasteiger partial charge < -0.3 is 10.5 Å². The Morgan fingerprint density at radius 2 is 2.29 bits per heavy atom. The molecule has 0 unspecified atom stereocenters. The fourth-order valence-corrected chi connectivity index (χ4v) is 1.55. The molecule has 0 aliphatic carbocycles. The van der Waals surface area contributed by atoms with Crippen LogP contribution in [-0.4, -0.2) is 17.6 Å². The Bertz CT molecular complexity index is 427. The van der Waals surface area contributed by atoms with Crippen LogP contribution in [0.4, 0.5) is 14.6 Å². The van der Waals surface area contributed by atoms with Gasteiger partial charge in [0.15, 0.2) is 0 Å². The molecule has 7 heteroatoms. The molecule has 0 aromatic carbocycles. The van der Waals surface area contributed by atoms with Crippen LogP contribution in [0.15, 0.2) is 6.20 Å². The minimum Gasteiger partial charge on any atom is -0.466 e. The molecule has 1 aromatic rings. The molecule has 2 N–H and O–H groups in total. The van der Waals surface area contributed by atoms with Crippen molar-refractivity contribution in [1.82, 2.24) is 4.98 Å². The van der Waals surface area contributed by atoms with Crippen LogP contribution in [0.2, 0.25) is 5.02 Å². The van der Waals surface area contributed by atoms with Crippen molar-refractivity contribution in [3.8, 4) is 0 Å². The molecule has 0 fully saturated rings. The second-order valence-corrected chi connectivity index (χ2v) is 3.57. The Hall–Kier alpha value is -1.43. The van der Waals surface area contributed by atoms with Gasteiger partial charge in [0, 0.05) is 6.20 Å². The van der Waals surface area contributed by atoms with E-state index >= 15 is 0 Å². The van der Waals surface area contributed by atoms with E-state index in [-0.39, 0.29) is 29.4 Å². The summed E-state index contributed by atoms with van der Waals surface area (Å²) in [7, 11) is 0. The highest BCUT2D eigenvalue weighted by atomic mass is 35.5. The summed E-state index contributed by atoms with van der Waals surface area (Å²) < 4.78 is 30.2. The molecule has 0 atom stereocenters. The topological polar surface area (TPSA) is 65.2 Å². The summed E-state index contributed by atoms with van der Waals surface area (Å²) in [6.07, 6.45) is -2.05. The Kier molecular flexibility index (Phi) is 4.62. The van der Waals surface area contributed by atoms with Crippen molar-refractivity contribution in [3.05, 3.63) is 22.3 Å². The molecular formula is C10H11ClF2N2O2. The second-order valence-electron chi connectivity index (χ2n) is 3.17. The molecule has 94 valence electrons. The van der Waals surface area contributed by atoms with Crippen LogP contribution in [0.5, 0.6) is 0 Å². The van der Waals surface area contributed by atoms with Gasteiger partial charge in [-0.3, -0.25) is 4.79 Å². The highest BCUT2D eigenvalue weighted by Crippen LogP contribution is 2.32. The molecule has 0 aliphatic heterocycles. The maximum absolute atomic E-state index is 12.8. The van der Waals surface area contributed by atoms with E-state index in [4.69, 9.17) is 17.3 Å². The number of esters is 1. The lowest BCUT2D eigenvalue weighted by Gasteiger charge is -2.12. The molecule has 0 bridgehead atoms. The van der Waals surface area contributed by atoms with Crippen molar-refractivity contribution >= 4 is 23.4 Å². The predicted molar refractivity (Wildman–Crippen MR) is 59.0 cm³/mol. The Balaban J connectivity index is 3.12. The number of hydrogen-bond acceptors (Lipinski definition) is 4. The van der Waals surface area contributed by atoms with Gasteiger partial charge in [-0.05, 0) is 12.5 Å². The second kappa shape index (κ2) is 5.77. The van der Waals surface area contributed by atoms with Gasteiger partial charge in [-0.2, -0.15) is 0 Å². The first-order valence-electron chi connectivity index (χ1n) is 4.83. The molecule has 0 amide bonds. The SMILES string of the molecule is CCOC(=O)Cc1c(Cl)cnc(N)c1C(F)F. The standard InChI is InChI=1S/C10H11ClF2N2O2/c1-2-17-7(16)3-5-6(11)4-15-10(14)8(5)9(12)13/h4,9H,2-3H2,1H3,(H2,14,15). The third-order valence-electron chi connectivity index (χ3n) is 2.05. The van der Waals surface area contributed by atoms with Gasteiger partial charge in [-0.25, -0.2) is 13.8 Å². The minimum atomic E-state index is -2.84. The van der Waals surface area contributed by atoms with Crippen LogP contribution in [0.3, 0.4) is 0 Å². The number of carbonyl (C=O) groups is 1. The molecule has 17 heavy (non-hydrogen) atoms. The summed E-state index contributed by atoms with van der Waals surface area (Å²) in [5, 5.41) is -0.0254. The smallest absolute Gasteiger partial charge is 0.310 e. The van der Waals surface area contributed by atoms with E-state index in [1.165, 1.54) is 0 Å². The number of nitrogens with two attached hydrogens (primary N) is 1. The zero-order valence-electron chi connectivity index (χ0n) is 9.04. The predicted octanol–water partition coefficient (Wildman–Crippen LogP) is 2.36. The molecule has 0 saturated carbocycles. The van der Waals surface area contributed by atoms with Gasteiger partial charge in [-0.1, -0.05) is 11.6 Å². The summed E-state index contributed by atoms with van der Waals surface area (Å²) in [4.78, 5) is 14.8. The normalized spacial score (nSPS) is 10.6. The van der Waals surface area contributed by atoms with Crippen LogP contribution < -0.4 is 5.73 Å². The average molecular weight is 265 g/mol. The fourth-order valence-electron chi connectivity index (χ4n) is 1.34. The lowest BCUT2D eigenvalue weighted by molar-refractivity contribution is -0.142.